The van der Waals surface area contributed by atoms with E-state index in [4.69, 9.17) is 16.3 Å². The Morgan fingerprint density at radius 3 is 2.34 bits per heavy atom. The predicted octanol–water partition coefficient (Wildman–Crippen LogP) is 4.99. The summed E-state index contributed by atoms with van der Waals surface area (Å²) in [5.41, 5.74) is 5.40. The smallest absolute Gasteiger partial charge is 0.329 e. The maximum Gasteiger partial charge on any atom is 0.329 e. The highest BCUT2D eigenvalue weighted by molar-refractivity contribution is 6.30. The van der Waals surface area contributed by atoms with Crippen LogP contribution in [-0.4, -0.2) is 39.5 Å². The van der Waals surface area contributed by atoms with Crippen LogP contribution in [0.5, 0.6) is 0 Å². The molecule has 5 rings (SSSR count). The molecule has 3 aromatic carbocycles. The van der Waals surface area contributed by atoms with Gasteiger partial charge in [0.15, 0.2) is 0 Å². The molecule has 7 heteroatoms. The van der Waals surface area contributed by atoms with E-state index in [-0.39, 0.29) is 12.5 Å². The molecule has 0 aliphatic carbocycles. The standard InChI is InChI=1S/C28H24ClN3O3/c1-35-28(34)25-15-24-26(31(18-30-24)16-19-7-13-23(29)14-8-19)17-32(25)27(33)22-11-9-21(10-12-22)20-5-3-2-4-6-20/h2-14,18,25H,15-17H2,1H3/t25-/m0/s1. The van der Waals surface area contributed by atoms with Crippen molar-refractivity contribution in [2.75, 3.05) is 7.11 Å². The number of halogens is 1. The van der Waals surface area contributed by atoms with Crippen LogP contribution in [0.4, 0.5) is 0 Å². The third kappa shape index (κ3) is 4.70. The summed E-state index contributed by atoms with van der Waals surface area (Å²) in [6, 6.07) is 24.3. The monoisotopic (exact) mass is 485 g/mol. The molecule has 0 saturated heterocycles. The summed E-state index contributed by atoms with van der Waals surface area (Å²) in [6.07, 6.45) is 2.07. The molecule has 0 spiro atoms. The minimum atomic E-state index is -0.729. The van der Waals surface area contributed by atoms with Crippen molar-refractivity contribution >= 4 is 23.5 Å². The first-order valence-corrected chi connectivity index (χ1v) is 11.7. The molecule has 2 heterocycles. The maximum absolute atomic E-state index is 13.6. The molecule has 4 aromatic rings. The number of rotatable bonds is 5. The largest absolute Gasteiger partial charge is 0.467 e. The van der Waals surface area contributed by atoms with Gasteiger partial charge >= 0.3 is 5.97 Å². The maximum atomic E-state index is 13.6. The molecule has 1 aromatic heterocycles. The SMILES string of the molecule is COC(=O)[C@@H]1Cc2ncn(Cc3ccc(Cl)cc3)c2CN1C(=O)c1ccc(-c2ccccc2)cc1. The van der Waals surface area contributed by atoms with Gasteiger partial charge in [0.25, 0.3) is 5.91 Å². The van der Waals surface area contributed by atoms with Gasteiger partial charge in [-0.2, -0.15) is 0 Å². The highest BCUT2D eigenvalue weighted by atomic mass is 35.5. The topological polar surface area (TPSA) is 64.4 Å². The Balaban J connectivity index is 1.43. The van der Waals surface area contributed by atoms with Crippen LogP contribution in [0.15, 0.2) is 85.2 Å². The van der Waals surface area contributed by atoms with Gasteiger partial charge in [-0.3, -0.25) is 4.79 Å². The molecule has 0 radical (unpaired) electrons. The number of carbonyl (C=O) groups is 2. The minimum absolute atomic E-state index is 0.218. The van der Waals surface area contributed by atoms with Crippen molar-refractivity contribution in [3.05, 3.63) is 113 Å². The Morgan fingerprint density at radius 1 is 0.971 bits per heavy atom. The molecule has 0 fully saturated rings. The third-order valence-electron chi connectivity index (χ3n) is 6.36. The van der Waals surface area contributed by atoms with Crippen molar-refractivity contribution in [1.82, 2.24) is 14.5 Å². The molecule has 0 saturated carbocycles. The lowest BCUT2D eigenvalue weighted by Gasteiger charge is -2.34. The normalized spacial score (nSPS) is 14.9. The average Bonchev–Trinajstić information content (AvgIpc) is 3.30. The lowest BCUT2D eigenvalue weighted by atomic mass is 9.99. The number of ether oxygens (including phenoxy) is 1. The van der Waals surface area contributed by atoms with Crippen molar-refractivity contribution in [3.63, 3.8) is 0 Å². The number of hydrogen-bond donors (Lipinski definition) is 0. The van der Waals surface area contributed by atoms with Crippen LogP contribution in [0.1, 0.15) is 27.3 Å². The van der Waals surface area contributed by atoms with Crippen LogP contribution in [0.25, 0.3) is 11.1 Å². The number of fused-ring (bicyclic) bond motifs is 1. The number of imidazole rings is 1. The van der Waals surface area contributed by atoms with E-state index in [2.05, 4.69) is 4.98 Å². The molecule has 0 N–H and O–H groups in total. The number of amides is 1. The van der Waals surface area contributed by atoms with E-state index >= 15 is 0 Å². The van der Waals surface area contributed by atoms with E-state index in [1.54, 1.807) is 23.4 Å². The minimum Gasteiger partial charge on any atom is -0.467 e. The Bertz CT molecular complexity index is 1350. The quantitative estimate of drug-likeness (QED) is 0.373. The van der Waals surface area contributed by atoms with E-state index in [1.807, 2.05) is 71.3 Å². The molecule has 0 bridgehead atoms. The van der Waals surface area contributed by atoms with Gasteiger partial charge in [0.2, 0.25) is 0 Å². The summed E-state index contributed by atoms with van der Waals surface area (Å²) < 4.78 is 7.05. The Morgan fingerprint density at radius 2 is 1.66 bits per heavy atom. The lowest BCUT2D eigenvalue weighted by Crippen LogP contribution is -2.49. The number of nitrogens with zero attached hydrogens (tertiary/aromatic N) is 3. The molecule has 6 nitrogen and oxygen atoms in total. The van der Waals surface area contributed by atoms with Gasteiger partial charge < -0.3 is 14.2 Å². The van der Waals surface area contributed by atoms with Gasteiger partial charge in [-0.15, -0.1) is 0 Å². The highest BCUT2D eigenvalue weighted by Gasteiger charge is 2.38. The second-order valence-corrected chi connectivity index (χ2v) is 8.95. The summed E-state index contributed by atoms with van der Waals surface area (Å²) in [6.45, 7) is 0.859. The zero-order chi connectivity index (χ0) is 24.4. The fraction of sp³-hybridized carbons (Fsp3) is 0.179. The first-order valence-electron chi connectivity index (χ1n) is 11.3. The number of esters is 1. The Kier molecular flexibility index (Phi) is 6.38. The van der Waals surface area contributed by atoms with Crippen LogP contribution in [-0.2, 0) is 29.0 Å². The lowest BCUT2D eigenvalue weighted by molar-refractivity contribution is -0.146. The number of aromatic nitrogens is 2. The third-order valence-corrected chi connectivity index (χ3v) is 6.61. The van der Waals surface area contributed by atoms with E-state index in [1.165, 1.54) is 7.11 Å². The van der Waals surface area contributed by atoms with Crippen molar-refractivity contribution < 1.29 is 14.3 Å². The van der Waals surface area contributed by atoms with Gasteiger partial charge in [-0.1, -0.05) is 66.2 Å². The van der Waals surface area contributed by atoms with Gasteiger partial charge in [-0.05, 0) is 41.0 Å². The summed E-state index contributed by atoms with van der Waals surface area (Å²) in [4.78, 5) is 32.3. The fourth-order valence-corrected chi connectivity index (χ4v) is 4.58. The molecule has 1 aliphatic rings. The fourth-order valence-electron chi connectivity index (χ4n) is 4.45. The molecule has 35 heavy (non-hydrogen) atoms. The van der Waals surface area contributed by atoms with Gasteiger partial charge in [0.05, 0.1) is 31.4 Å². The molecule has 176 valence electrons. The van der Waals surface area contributed by atoms with Crippen LogP contribution < -0.4 is 0 Å². The Labute approximate surface area is 208 Å². The van der Waals surface area contributed by atoms with Gasteiger partial charge in [-0.25, -0.2) is 9.78 Å². The van der Waals surface area contributed by atoms with E-state index in [9.17, 15) is 9.59 Å². The summed E-state index contributed by atoms with van der Waals surface area (Å²) in [7, 11) is 1.34. The number of hydrogen-bond acceptors (Lipinski definition) is 4. The first kappa shape index (κ1) is 22.9. The van der Waals surface area contributed by atoms with Crippen molar-refractivity contribution in [2.45, 2.75) is 25.6 Å². The summed E-state index contributed by atoms with van der Waals surface area (Å²) in [5, 5.41) is 0.678. The second-order valence-electron chi connectivity index (χ2n) is 8.51. The van der Waals surface area contributed by atoms with Crippen LogP contribution in [0.3, 0.4) is 0 Å². The number of methoxy groups -OCH3 is 1. The molecular weight excluding hydrogens is 462 g/mol. The van der Waals surface area contributed by atoms with Crippen LogP contribution in [0.2, 0.25) is 5.02 Å². The summed E-state index contributed by atoms with van der Waals surface area (Å²) in [5.74, 6) is -0.665. The van der Waals surface area contributed by atoms with Crippen LogP contribution in [0, 0.1) is 0 Å². The van der Waals surface area contributed by atoms with Crippen LogP contribution >= 0.6 is 11.6 Å². The van der Waals surface area contributed by atoms with Crippen molar-refractivity contribution in [2.24, 2.45) is 0 Å². The zero-order valence-corrected chi connectivity index (χ0v) is 20.0. The van der Waals surface area contributed by atoms with Crippen molar-refractivity contribution in [1.29, 1.82) is 0 Å². The number of carbonyl (C=O) groups excluding carboxylic acids is 2. The highest BCUT2D eigenvalue weighted by Crippen LogP contribution is 2.27. The first-order chi connectivity index (χ1) is 17.0. The van der Waals surface area contributed by atoms with Gasteiger partial charge in [0.1, 0.15) is 6.04 Å². The van der Waals surface area contributed by atoms with Crippen molar-refractivity contribution in [3.8, 4) is 11.1 Å². The summed E-state index contributed by atoms with van der Waals surface area (Å²) >= 11 is 6.02. The molecule has 0 unspecified atom stereocenters. The number of benzene rings is 3. The average molecular weight is 486 g/mol. The molecule has 1 amide bonds. The van der Waals surface area contributed by atoms with E-state index in [0.717, 1.165) is 28.1 Å². The van der Waals surface area contributed by atoms with E-state index < -0.39 is 12.0 Å². The Hall–Kier alpha value is -3.90. The van der Waals surface area contributed by atoms with Gasteiger partial charge in [0, 0.05) is 23.6 Å². The second kappa shape index (κ2) is 9.76. The zero-order valence-electron chi connectivity index (χ0n) is 19.2. The van der Waals surface area contributed by atoms with E-state index in [0.29, 0.717) is 23.6 Å². The molecule has 1 aliphatic heterocycles. The predicted molar refractivity (Wildman–Crippen MR) is 134 cm³/mol. The molecule has 1 atom stereocenters. The molecular formula is C28H24ClN3O3.